The number of likely N-dealkylation sites (tertiary alicyclic amines) is 1. The van der Waals surface area contributed by atoms with Crippen LogP contribution < -0.4 is 0 Å². The summed E-state index contributed by atoms with van der Waals surface area (Å²) in [6, 6.07) is 0. The normalized spacial score (nSPS) is 20.8. The molecule has 0 saturated carbocycles. The summed E-state index contributed by atoms with van der Waals surface area (Å²) in [4.78, 5) is 6.71. The van der Waals surface area contributed by atoms with Gasteiger partial charge in [-0.15, -0.1) is 0 Å². The fourth-order valence-corrected chi connectivity index (χ4v) is 2.81. The molecule has 1 aliphatic heterocycles. The zero-order valence-corrected chi connectivity index (χ0v) is 12.4. The summed E-state index contributed by atoms with van der Waals surface area (Å²) in [5.74, 6) is 1.82. The number of aromatic nitrogens is 4. The summed E-state index contributed by atoms with van der Waals surface area (Å²) in [7, 11) is 0. The Morgan fingerprint density at radius 3 is 3.11 bits per heavy atom. The number of halogens is 1. The second-order valence-electron chi connectivity index (χ2n) is 4.94. The van der Waals surface area contributed by atoms with E-state index in [2.05, 4.69) is 36.1 Å². The number of hydrogen-bond acceptors (Lipinski definition) is 5. The minimum atomic E-state index is 0.342. The maximum absolute atomic E-state index is 5.29. The SMILES string of the molecule is Cc1noc(C2CCCN(Cn3cc(Br)cn3)C2)n1. The molecule has 3 rings (SSSR count). The lowest BCUT2D eigenvalue weighted by atomic mass is 9.98. The molecule has 0 aromatic carbocycles. The van der Waals surface area contributed by atoms with Crippen molar-refractivity contribution in [3.8, 4) is 0 Å². The van der Waals surface area contributed by atoms with Crippen molar-refractivity contribution in [3.63, 3.8) is 0 Å². The molecule has 1 saturated heterocycles. The first-order valence-electron chi connectivity index (χ1n) is 6.41. The Morgan fingerprint density at radius 1 is 1.53 bits per heavy atom. The van der Waals surface area contributed by atoms with E-state index in [0.717, 1.165) is 43.0 Å². The Balaban J connectivity index is 1.64. The van der Waals surface area contributed by atoms with E-state index in [1.807, 2.05) is 24.0 Å². The van der Waals surface area contributed by atoms with E-state index in [-0.39, 0.29) is 0 Å². The Morgan fingerprint density at radius 2 is 2.42 bits per heavy atom. The van der Waals surface area contributed by atoms with Crippen LogP contribution in [0.1, 0.15) is 30.5 Å². The maximum atomic E-state index is 5.29. The maximum Gasteiger partial charge on any atom is 0.231 e. The summed E-state index contributed by atoms with van der Waals surface area (Å²) in [6.07, 6.45) is 6.05. The van der Waals surface area contributed by atoms with E-state index in [9.17, 15) is 0 Å². The first-order valence-corrected chi connectivity index (χ1v) is 7.20. The Bertz CT molecular complexity index is 552. The van der Waals surface area contributed by atoms with Gasteiger partial charge in [-0.2, -0.15) is 10.1 Å². The van der Waals surface area contributed by atoms with Crippen molar-refractivity contribution in [1.82, 2.24) is 24.8 Å². The number of hydrogen-bond donors (Lipinski definition) is 0. The molecule has 1 atom stereocenters. The third kappa shape index (κ3) is 3.03. The van der Waals surface area contributed by atoms with Gasteiger partial charge >= 0.3 is 0 Å². The quantitative estimate of drug-likeness (QED) is 0.865. The largest absolute Gasteiger partial charge is 0.339 e. The zero-order valence-electron chi connectivity index (χ0n) is 10.8. The molecule has 1 unspecified atom stereocenters. The van der Waals surface area contributed by atoms with Crippen LogP contribution in [0.4, 0.5) is 0 Å². The van der Waals surface area contributed by atoms with Gasteiger partial charge in [0, 0.05) is 12.7 Å². The van der Waals surface area contributed by atoms with Crippen LogP contribution in [0.5, 0.6) is 0 Å². The predicted octanol–water partition coefficient (Wildman–Crippen LogP) is 2.17. The van der Waals surface area contributed by atoms with Gasteiger partial charge in [-0.1, -0.05) is 5.16 Å². The minimum Gasteiger partial charge on any atom is -0.339 e. The van der Waals surface area contributed by atoms with Gasteiger partial charge in [0.15, 0.2) is 5.82 Å². The fraction of sp³-hybridized carbons (Fsp3) is 0.583. The van der Waals surface area contributed by atoms with Gasteiger partial charge in [-0.3, -0.25) is 9.58 Å². The molecule has 0 amide bonds. The Hall–Kier alpha value is -1.21. The molecule has 1 fully saturated rings. The van der Waals surface area contributed by atoms with Gasteiger partial charge < -0.3 is 4.52 Å². The lowest BCUT2D eigenvalue weighted by Crippen LogP contribution is -2.36. The third-order valence-corrected chi connectivity index (χ3v) is 3.75. The van der Waals surface area contributed by atoms with Gasteiger partial charge in [0.2, 0.25) is 5.89 Å². The predicted molar refractivity (Wildman–Crippen MR) is 72.5 cm³/mol. The molecule has 6 nitrogen and oxygen atoms in total. The van der Waals surface area contributed by atoms with Gasteiger partial charge in [0.25, 0.3) is 0 Å². The van der Waals surface area contributed by atoms with E-state index in [1.165, 1.54) is 0 Å². The van der Waals surface area contributed by atoms with Crippen LogP contribution in [0.15, 0.2) is 21.4 Å². The monoisotopic (exact) mass is 325 g/mol. The molecule has 1 aliphatic rings. The van der Waals surface area contributed by atoms with Crippen molar-refractivity contribution in [1.29, 1.82) is 0 Å². The zero-order chi connectivity index (χ0) is 13.2. The van der Waals surface area contributed by atoms with Crippen molar-refractivity contribution < 1.29 is 4.52 Å². The van der Waals surface area contributed by atoms with E-state index in [4.69, 9.17) is 4.52 Å². The standard InChI is InChI=1S/C12H16BrN5O/c1-9-15-12(19-16-9)10-3-2-4-17(6-10)8-18-7-11(13)5-14-18/h5,7,10H,2-4,6,8H2,1H3. The fourth-order valence-electron chi connectivity index (χ4n) is 2.49. The average Bonchev–Trinajstić information content (AvgIpc) is 2.99. The first-order chi connectivity index (χ1) is 9.20. The molecule has 7 heteroatoms. The molecule has 102 valence electrons. The lowest BCUT2D eigenvalue weighted by Gasteiger charge is -2.30. The summed E-state index contributed by atoms with van der Waals surface area (Å²) < 4.78 is 8.23. The number of nitrogens with zero attached hydrogens (tertiary/aromatic N) is 5. The van der Waals surface area contributed by atoms with Crippen LogP contribution in [-0.2, 0) is 6.67 Å². The summed E-state index contributed by atoms with van der Waals surface area (Å²) in [5.41, 5.74) is 0. The molecule has 3 heterocycles. The van der Waals surface area contributed by atoms with Gasteiger partial charge in [0.1, 0.15) is 0 Å². The van der Waals surface area contributed by atoms with Crippen molar-refractivity contribution in [3.05, 3.63) is 28.6 Å². The highest BCUT2D eigenvalue weighted by atomic mass is 79.9. The summed E-state index contributed by atoms with van der Waals surface area (Å²) in [5, 5.41) is 8.16. The minimum absolute atomic E-state index is 0.342. The molecule has 0 radical (unpaired) electrons. The van der Waals surface area contributed by atoms with Crippen molar-refractivity contribution in [2.45, 2.75) is 32.4 Å². The molecule has 0 bridgehead atoms. The Labute approximate surface area is 119 Å². The van der Waals surface area contributed by atoms with Gasteiger partial charge in [-0.05, 0) is 42.2 Å². The topological polar surface area (TPSA) is 60.0 Å². The molecule has 0 aliphatic carbocycles. The first kappa shape index (κ1) is 12.8. The van der Waals surface area contributed by atoms with Crippen molar-refractivity contribution >= 4 is 15.9 Å². The Kier molecular flexibility index (Phi) is 3.65. The van der Waals surface area contributed by atoms with E-state index in [0.29, 0.717) is 11.7 Å². The lowest BCUT2D eigenvalue weighted by molar-refractivity contribution is 0.144. The van der Waals surface area contributed by atoms with E-state index >= 15 is 0 Å². The van der Waals surface area contributed by atoms with Gasteiger partial charge in [-0.25, -0.2) is 0 Å². The summed E-state index contributed by atoms with van der Waals surface area (Å²) >= 11 is 3.41. The van der Waals surface area contributed by atoms with Crippen molar-refractivity contribution in [2.75, 3.05) is 13.1 Å². The van der Waals surface area contributed by atoms with Crippen LogP contribution in [0, 0.1) is 6.92 Å². The van der Waals surface area contributed by atoms with Gasteiger partial charge in [0.05, 0.1) is 23.3 Å². The molecular formula is C12H16BrN5O. The van der Waals surface area contributed by atoms with Crippen LogP contribution >= 0.6 is 15.9 Å². The van der Waals surface area contributed by atoms with Crippen LogP contribution in [0.25, 0.3) is 0 Å². The highest BCUT2D eigenvalue weighted by Gasteiger charge is 2.25. The third-order valence-electron chi connectivity index (χ3n) is 3.34. The average molecular weight is 326 g/mol. The molecule has 0 spiro atoms. The number of rotatable bonds is 3. The smallest absolute Gasteiger partial charge is 0.231 e. The van der Waals surface area contributed by atoms with Crippen LogP contribution in [-0.4, -0.2) is 37.9 Å². The molecule has 0 N–H and O–H groups in total. The molecule has 2 aromatic heterocycles. The van der Waals surface area contributed by atoms with E-state index in [1.54, 1.807) is 0 Å². The highest BCUT2D eigenvalue weighted by molar-refractivity contribution is 9.10. The second-order valence-corrected chi connectivity index (χ2v) is 5.85. The number of piperidine rings is 1. The molecule has 2 aromatic rings. The van der Waals surface area contributed by atoms with Crippen LogP contribution in [0.2, 0.25) is 0 Å². The highest BCUT2D eigenvalue weighted by Crippen LogP contribution is 2.25. The summed E-state index contributed by atoms with van der Waals surface area (Å²) in [6.45, 7) is 4.68. The molecule has 19 heavy (non-hydrogen) atoms. The van der Waals surface area contributed by atoms with Crippen LogP contribution in [0.3, 0.4) is 0 Å². The second kappa shape index (κ2) is 5.42. The van der Waals surface area contributed by atoms with Crippen molar-refractivity contribution in [2.24, 2.45) is 0 Å². The molecular weight excluding hydrogens is 310 g/mol. The van der Waals surface area contributed by atoms with E-state index < -0.39 is 0 Å². The number of aryl methyl sites for hydroxylation is 1.